The molecule has 0 saturated carbocycles. The molecule has 0 bridgehead atoms. The molecule has 4 rings (SSSR count). The average molecular weight is 515 g/mol. The van der Waals surface area contributed by atoms with Crippen LogP contribution in [0.15, 0.2) is 71.2 Å². The van der Waals surface area contributed by atoms with E-state index in [1.165, 1.54) is 0 Å². The van der Waals surface area contributed by atoms with E-state index in [9.17, 15) is 14.4 Å². The second-order valence-corrected chi connectivity index (χ2v) is 8.30. The number of halogens is 2. The maximum absolute atomic E-state index is 12.6. The van der Waals surface area contributed by atoms with Crippen LogP contribution in [0.3, 0.4) is 0 Å². The first kappa shape index (κ1) is 21.2. The van der Waals surface area contributed by atoms with Crippen molar-refractivity contribution in [2.24, 2.45) is 0 Å². The van der Waals surface area contributed by atoms with E-state index < -0.39 is 5.91 Å². The third-order valence-corrected chi connectivity index (χ3v) is 5.60. The van der Waals surface area contributed by atoms with Crippen molar-refractivity contribution in [1.82, 2.24) is 5.32 Å². The number of benzene rings is 3. The maximum Gasteiger partial charge on any atom is 0.266 e. The van der Waals surface area contributed by atoms with Crippen LogP contribution in [0.2, 0.25) is 5.02 Å². The quantitative estimate of drug-likeness (QED) is 0.379. The zero-order chi connectivity index (χ0) is 22.1. The zero-order valence-electron chi connectivity index (χ0n) is 15.7. The van der Waals surface area contributed by atoms with Crippen molar-refractivity contribution >= 4 is 74.0 Å². The summed E-state index contributed by atoms with van der Waals surface area (Å²) in [5, 5.41) is 5.83. The normalized spacial score (nSPS) is 12.5. The van der Waals surface area contributed by atoms with Gasteiger partial charge in [-0.3, -0.25) is 19.7 Å². The molecule has 0 fully saturated rings. The van der Waals surface area contributed by atoms with Gasteiger partial charge in [-0.2, -0.15) is 0 Å². The molecular weight excluding hydrogens is 502 g/mol. The molecule has 2 N–H and O–H groups in total. The Morgan fingerprint density at radius 2 is 1.55 bits per heavy atom. The van der Waals surface area contributed by atoms with Crippen LogP contribution >= 0.6 is 39.7 Å². The Balaban J connectivity index is 1.44. The van der Waals surface area contributed by atoms with E-state index in [1.54, 1.807) is 66.7 Å². The van der Waals surface area contributed by atoms with E-state index in [4.69, 9.17) is 23.8 Å². The molecule has 3 amide bonds. The lowest BCUT2D eigenvalue weighted by molar-refractivity contribution is 0.0923. The highest BCUT2D eigenvalue weighted by Gasteiger charge is 2.36. The van der Waals surface area contributed by atoms with Crippen LogP contribution in [0, 0.1) is 0 Å². The van der Waals surface area contributed by atoms with Crippen LogP contribution in [-0.4, -0.2) is 22.8 Å². The molecule has 0 aliphatic carbocycles. The number of amides is 3. The Morgan fingerprint density at radius 3 is 2.16 bits per heavy atom. The number of imide groups is 1. The van der Waals surface area contributed by atoms with E-state index in [0.29, 0.717) is 32.0 Å². The van der Waals surface area contributed by atoms with Gasteiger partial charge in [-0.1, -0.05) is 39.7 Å². The monoisotopic (exact) mass is 513 g/mol. The summed E-state index contributed by atoms with van der Waals surface area (Å²) in [6, 6.07) is 18.2. The van der Waals surface area contributed by atoms with Gasteiger partial charge in [0.15, 0.2) is 5.11 Å². The predicted molar refractivity (Wildman–Crippen MR) is 127 cm³/mol. The average Bonchev–Trinajstić information content (AvgIpc) is 3.01. The molecular formula is C22H13BrClN3O3S. The molecule has 31 heavy (non-hydrogen) atoms. The first-order valence-corrected chi connectivity index (χ1v) is 10.6. The van der Waals surface area contributed by atoms with Crippen LogP contribution in [0.4, 0.5) is 11.4 Å². The molecule has 1 aliphatic heterocycles. The van der Waals surface area contributed by atoms with Crippen molar-refractivity contribution in [2.75, 3.05) is 10.2 Å². The Hall–Kier alpha value is -3.07. The van der Waals surface area contributed by atoms with E-state index in [2.05, 4.69) is 26.6 Å². The molecule has 0 radical (unpaired) electrons. The lowest BCUT2D eigenvalue weighted by Crippen LogP contribution is -2.34. The fraction of sp³-hybridized carbons (Fsp3) is 0. The van der Waals surface area contributed by atoms with Gasteiger partial charge < -0.3 is 5.32 Å². The Kier molecular flexibility index (Phi) is 5.86. The fourth-order valence-corrected chi connectivity index (χ4v) is 3.90. The van der Waals surface area contributed by atoms with E-state index in [-0.39, 0.29) is 22.5 Å². The lowest BCUT2D eigenvalue weighted by atomic mass is 10.1. The second kappa shape index (κ2) is 8.58. The maximum atomic E-state index is 12.6. The molecule has 0 atom stereocenters. The van der Waals surface area contributed by atoms with Crippen LogP contribution in [-0.2, 0) is 0 Å². The molecule has 0 unspecified atom stereocenters. The van der Waals surface area contributed by atoms with Gasteiger partial charge in [0.05, 0.1) is 27.4 Å². The number of carbonyl (C=O) groups excluding carboxylic acids is 3. The first-order chi connectivity index (χ1) is 14.8. The van der Waals surface area contributed by atoms with Crippen molar-refractivity contribution in [1.29, 1.82) is 0 Å². The number of fused-ring (bicyclic) bond motifs is 1. The third-order valence-electron chi connectivity index (χ3n) is 4.58. The number of hydrogen-bond donors (Lipinski definition) is 2. The highest BCUT2D eigenvalue weighted by atomic mass is 79.9. The summed E-state index contributed by atoms with van der Waals surface area (Å²) in [6.07, 6.45) is 0. The van der Waals surface area contributed by atoms with E-state index in [0.717, 1.165) is 4.90 Å². The summed E-state index contributed by atoms with van der Waals surface area (Å²) in [4.78, 5) is 38.7. The van der Waals surface area contributed by atoms with Crippen molar-refractivity contribution in [3.8, 4) is 0 Å². The van der Waals surface area contributed by atoms with Gasteiger partial charge in [-0.05, 0) is 66.8 Å². The lowest BCUT2D eigenvalue weighted by Gasteiger charge is -2.15. The predicted octanol–water partition coefficient (Wildman–Crippen LogP) is 5.03. The van der Waals surface area contributed by atoms with E-state index >= 15 is 0 Å². The Labute approximate surface area is 196 Å². The van der Waals surface area contributed by atoms with Crippen LogP contribution in [0.25, 0.3) is 0 Å². The largest absolute Gasteiger partial charge is 0.332 e. The molecule has 0 spiro atoms. The summed E-state index contributed by atoms with van der Waals surface area (Å²) in [5.74, 6) is -1.18. The Bertz CT molecular complexity index is 1210. The number of thiocarbonyl (C=S) groups is 1. The molecule has 9 heteroatoms. The standard InChI is InChI=1S/C22H13BrClN3O3S/c23-12-5-10-18(24)17(11-12)19(28)26-22(31)25-13-6-8-14(9-7-13)27-20(29)15-3-1-2-4-16(15)21(27)30/h1-11H,(H2,25,26,28,31). The first-order valence-electron chi connectivity index (χ1n) is 9.00. The van der Waals surface area contributed by atoms with Crippen LogP contribution < -0.4 is 15.5 Å². The van der Waals surface area contributed by atoms with Gasteiger partial charge in [0.2, 0.25) is 0 Å². The molecule has 0 saturated heterocycles. The number of anilines is 2. The summed E-state index contributed by atoms with van der Waals surface area (Å²) in [7, 11) is 0. The smallest absolute Gasteiger partial charge is 0.266 e. The van der Waals surface area contributed by atoms with Gasteiger partial charge in [-0.25, -0.2) is 4.90 Å². The SMILES string of the molecule is O=C(NC(=S)Nc1ccc(N2C(=O)c3ccccc3C2=O)cc1)c1cc(Br)ccc1Cl. The second-order valence-electron chi connectivity index (χ2n) is 6.57. The summed E-state index contributed by atoms with van der Waals surface area (Å²) in [5.41, 5.74) is 2.05. The number of rotatable bonds is 3. The molecule has 3 aromatic carbocycles. The van der Waals surface area contributed by atoms with E-state index in [1.807, 2.05) is 0 Å². The van der Waals surface area contributed by atoms with Crippen LogP contribution in [0.5, 0.6) is 0 Å². The Morgan fingerprint density at radius 1 is 0.935 bits per heavy atom. The topological polar surface area (TPSA) is 78.5 Å². The highest BCUT2D eigenvalue weighted by Crippen LogP contribution is 2.29. The van der Waals surface area contributed by atoms with Gasteiger partial charge >= 0.3 is 0 Å². The fourth-order valence-electron chi connectivity index (χ4n) is 3.12. The number of hydrogen-bond acceptors (Lipinski definition) is 4. The summed E-state index contributed by atoms with van der Waals surface area (Å²) < 4.78 is 0.713. The molecule has 1 heterocycles. The van der Waals surface area contributed by atoms with Crippen LogP contribution in [0.1, 0.15) is 31.1 Å². The van der Waals surface area contributed by atoms with Gasteiger partial charge in [0, 0.05) is 10.2 Å². The molecule has 1 aliphatic rings. The minimum absolute atomic E-state index is 0.0783. The van der Waals surface area contributed by atoms with Crippen molar-refractivity contribution in [2.45, 2.75) is 0 Å². The number of carbonyl (C=O) groups is 3. The van der Waals surface area contributed by atoms with Crippen molar-refractivity contribution in [3.63, 3.8) is 0 Å². The number of nitrogens with zero attached hydrogens (tertiary/aromatic N) is 1. The van der Waals surface area contributed by atoms with Crippen molar-refractivity contribution < 1.29 is 14.4 Å². The van der Waals surface area contributed by atoms with Gasteiger partial charge in [0.1, 0.15) is 0 Å². The molecule has 3 aromatic rings. The van der Waals surface area contributed by atoms with Crippen molar-refractivity contribution in [3.05, 3.63) is 92.9 Å². The molecule has 6 nitrogen and oxygen atoms in total. The third kappa shape index (κ3) is 4.23. The molecule has 154 valence electrons. The number of nitrogens with one attached hydrogen (secondary N) is 2. The molecule has 0 aromatic heterocycles. The minimum atomic E-state index is -0.452. The zero-order valence-corrected chi connectivity index (χ0v) is 18.8. The summed E-state index contributed by atoms with van der Waals surface area (Å²) >= 11 is 14.6. The van der Waals surface area contributed by atoms with Gasteiger partial charge in [-0.15, -0.1) is 0 Å². The highest BCUT2D eigenvalue weighted by molar-refractivity contribution is 9.10. The minimum Gasteiger partial charge on any atom is -0.332 e. The summed E-state index contributed by atoms with van der Waals surface area (Å²) in [6.45, 7) is 0. The van der Waals surface area contributed by atoms with Gasteiger partial charge in [0.25, 0.3) is 17.7 Å².